The number of hydrogen-bond acceptors (Lipinski definition) is 5. The van der Waals surface area contributed by atoms with Crippen LogP contribution in [0.2, 0.25) is 0 Å². The maximum atomic E-state index is 12.0. The van der Waals surface area contributed by atoms with E-state index in [1.54, 1.807) is 6.92 Å². The molecule has 1 amide bonds. The Kier molecular flexibility index (Phi) is 4.36. The average molecular weight is 281 g/mol. The van der Waals surface area contributed by atoms with Crippen molar-refractivity contribution in [3.05, 3.63) is 11.7 Å². The van der Waals surface area contributed by atoms with Crippen molar-refractivity contribution in [3.63, 3.8) is 0 Å². The van der Waals surface area contributed by atoms with Gasteiger partial charge in [-0.1, -0.05) is 18.0 Å². The van der Waals surface area contributed by atoms with Crippen LogP contribution in [0.15, 0.2) is 4.52 Å². The summed E-state index contributed by atoms with van der Waals surface area (Å²) in [5.74, 6) is -0.127. The molecule has 1 heterocycles. The maximum Gasteiger partial charge on any atom is 0.303 e. The van der Waals surface area contributed by atoms with Crippen molar-refractivity contribution in [1.29, 1.82) is 0 Å². The lowest BCUT2D eigenvalue weighted by molar-refractivity contribution is -0.140. The highest BCUT2D eigenvalue weighted by molar-refractivity contribution is 5.78. The van der Waals surface area contributed by atoms with Crippen LogP contribution in [0.3, 0.4) is 0 Å². The number of aromatic nitrogens is 2. The Labute approximate surface area is 116 Å². The first kappa shape index (κ1) is 14.5. The number of aliphatic carboxylic acids is 1. The van der Waals surface area contributed by atoms with Gasteiger partial charge in [0.15, 0.2) is 5.82 Å². The first-order chi connectivity index (χ1) is 9.49. The van der Waals surface area contributed by atoms with Gasteiger partial charge in [0.1, 0.15) is 0 Å². The zero-order valence-electron chi connectivity index (χ0n) is 11.5. The van der Waals surface area contributed by atoms with Crippen molar-refractivity contribution in [1.82, 2.24) is 15.5 Å². The van der Waals surface area contributed by atoms with E-state index in [9.17, 15) is 9.59 Å². The first-order valence-electron chi connectivity index (χ1n) is 6.77. The number of amides is 1. The normalized spacial score (nSPS) is 17.1. The van der Waals surface area contributed by atoms with Gasteiger partial charge in [-0.15, -0.1) is 0 Å². The molecule has 0 aliphatic heterocycles. The summed E-state index contributed by atoms with van der Waals surface area (Å²) in [6.07, 6.45) is 3.87. The standard InChI is InChI=1S/C13H19N3O4/c1-9-15-11(20-16-9)8-14-10(17)6-13(7-12(18)19)4-2-3-5-13/h2-8H2,1H3,(H,14,17)(H,18,19). The summed E-state index contributed by atoms with van der Waals surface area (Å²) in [6, 6.07) is 0. The summed E-state index contributed by atoms with van der Waals surface area (Å²) in [5.41, 5.74) is -0.388. The van der Waals surface area contributed by atoms with Crippen molar-refractivity contribution in [3.8, 4) is 0 Å². The number of nitrogens with one attached hydrogen (secondary N) is 1. The molecule has 0 aromatic carbocycles. The van der Waals surface area contributed by atoms with E-state index in [1.165, 1.54) is 0 Å². The van der Waals surface area contributed by atoms with Crippen LogP contribution in [0.5, 0.6) is 0 Å². The predicted octanol–water partition coefficient (Wildman–Crippen LogP) is 1.42. The molecule has 0 bridgehead atoms. The number of carbonyl (C=O) groups is 2. The lowest BCUT2D eigenvalue weighted by Gasteiger charge is -2.26. The quantitative estimate of drug-likeness (QED) is 0.817. The molecule has 7 nitrogen and oxygen atoms in total. The molecule has 0 spiro atoms. The number of rotatable bonds is 6. The van der Waals surface area contributed by atoms with Crippen LogP contribution in [-0.4, -0.2) is 27.1 Å². The van der Waals surface area contributed by atoms with Gasteiger partial charge in [-0.25, -0.2) is 0 Å². The molecule has 0 radical (unpaired) electrons. The smallest absolute Gasteiger partial charge is 0.303 e. The number of aryl methyl sites for hydroxylation is 1. The monoisotopic (exact) mass is 281 g/mol. The van der Waals surface area contributed by atoms with Gasteiger partial charge in [-0.05, 0) is 25.2 Å². The fourth-order valence-corrected chi connectivity index (χ4v) is 2.85. The fourth-order valence-electron chi connectivity index (χ4n) is 2.85. The molecule has 1 saturated carbocycles. The Morgan fingerprint density at radius 2 is 2.05 bits per heavy atom. The van der Waals surface area contributed by atoms with Gasteiger partial charge in [-0.3, -0.25) is 9.59 Å². The SMILES string of the molecule is Cc1noc(CNC(=O)CC2(CC(=O)O)CCCC2)n1. The fraction of sp³-hybridized carbons (Fsp3) is 0.692. The van der Waals surface area contributed by atoms with Crippen molar-refractivity contribution in [2.45, 2.75) is 52.0 Å². The van der Waals surface area contributed by atoms with Crippen LogP contribution < -0.4 is 5.32 Å². The van der Waals surface area contributed by atoms with Gasteiger partial charge >= 0.3 is 5.97 Å². The van der Waals surface area contributed by atoms with E-state index >= 15 is 0 Å². The van der Waals surface area contributed by atoms with E-state index in [-0.39, 0.29) is 30.7 Å². The molecule has 0 unspecified atom stereocenters. The topological polar surface area (TPSA) is 105 Å². The molecule has 1 fully saturated rings. The maximum absolute atomic E-state index is 12.0. The molecule has 1 aliphatic rings. The van der Waals surface area contributed by atoms with Gasteiger partial charge in [0.25, 0.3) is 0 Å². The van der Waals surface area contributed by atoms with Crippen molar-refractivity contribution >= 4 is 11.9 Å². The van der Waals surface area contributed by atoms with Crippen LogP contribution in [-0.2, 0) is 16.1 Å². The average Bonchev–Trinajstić information content (AvgIpc) is 2.95. The second-order valence-electron chi connectivity index (χ2n) is 5.47. The highest BCUT2D eigenvalue weighted by Gasteiger charge is 2.37. The molecule has 1 aromatic rings. The van der Waals surface area contributed by atoms with Gasteiger partial charge in [0.05, 0.1) is 13.0 Å². The third-order valence-corrected chi connectivity index (χ3v) is 3.73. The summed E-state index contributed by atoms with van der Waals surface area (Å²) in [6.45, 7) is 1.89. The molecular formula is C13H19N3O4. The summed E-state index contributed by atoms with van der Waals surface area (Å²) in [4.78, 5) is 26.9. The summed E-state index contributed by atoms with van der Waals surface area (Å²) in [7, 11) is 0. The van der Waals surface area contributed by atoms with Crippen LogP contribution in [0.4, 0.5) is 0 Å². The number of hydrogen-bond donors (Lipinski definition) is 2. The Balaban J connectivity index is 1.87. The molecule has 1 aliphatic carbocycles. The molecule has 110 valence electrons. The second kappa shape index (κ2) is 6.02. The van der Waals surface area contributed by atoms with E-state index in [2.05, 4.69) is 15.5 Å². The molecule has 20 heavy (non-hydrogen) atoms. The summed E-state index contributed by atoms with van der Waals surface area (Å²) < 4.78 is 4.90. The number of carbonyl (C=O) groups excluding carboxylic acids is 1. The lowest BCUT2D eigenvalue weighted by atomic mass is 9.79. The van der Waals surface area contributed by atoms with Crippen LogP contribution in [0.1, 0.15) is 50.2 Å². The Morgan fingerprint density at radius 3 is 2.60 bits per heavy atom. The molecule has 2 N–H and O–H groups in total. The van der Waals surface area contributed by atoms with Gasteiger partial charge in [0, 0.05) is 6.42 Å². The largest absolute Gasteiger partial charge is 0.481 e. The van der Waals surface area contributed by atoms with Gasteiger partial charge in [-0.2, -0.15) is 4.98 Å². The van der Waals surface area contributed by atoms with Crippen molar-refractivity contribution in [2.24, 2.45) is 5.41 Å². The number of carboxylic acids is 1. The molecule has 2 rings (SSSR count). The van der Waals surface area contributed by atoms with Crippen LogP contribution in [0, 0.1) is 12.3 Å². The summed E-state index contributed by atoms with van der Waals surface area (Å²) >= 11 is 0. The van der Waals surface area contributed by atoms with Gasteiger partial charge < -0.3 is 14.9 Å². The minimum Gasteiger partial charge on any atom is -0.481 e. The Hall–Kier alpha value is -1.92. The lowest BCUT2D eigenvalue weighted by Crippen LogP contribution is -2.31. The number of carboxylic acid groups (broad SMARTS) is 1. The Bertz CT molecular complexity index is 492. The first-order valence-corrected chi connectivity index (χ1v) is 6.77. The third kappa shape index (κ3) is 3.79. The van der Waals surface area contributed by atoms with E-state index in [1.807, 2.05) is 0 Å². The van der Waals surface area contributed by atoms with Crippen molar-refractivity contribution in [2.75, 3.05) is 0 Å². The van der Waals surface area contributed by atoms with E-state index in [0.29, 0.717) is 11.7 Å². The molecule has 0 saturated heterocycles. The molecule has 0 atom stereocenters. The van der Waals surface area contributed by atoms with Crippen molar-refractivity contribution < 1.29 is 19.2 Å². The highest BCUT2D eigenvalue weighted by atomic mass is 16.5. The highest BCUT2D eigenvalue weighted by Crippen LogP contribution is 2.43. The van der Waals surface area contributed by atoms with E-state index in [0.717, 1.165) is 25.7 Å². The molecular weight excluding hydrogens is 262 g/mol. The second-order valence-corrected chi connectivity index (χ2v) is 5.47. The minimum atomic E-state index is -0.841. The van der Waals surface area contributed by atoms with Gasteiger partial charge in [0.2, 0.25) is 11.8 Å². The minimum absolute atomic E-state index is 0.0556. The zero-order valence-corrected chi connectivity index (χ0v) is 11.5. The molecule has 1 aromatic heterocycles. The van der Waals surface area contributed by atoms with Crippen LogP contribution >= 0.6 is 0 Å². The predicted molar refractivity (Wildman–Crippen MR) is 68.7 cm³/mol. The van der Waals surface area contributed by atoms with E-state index in [4.69, 9.17) is 9.63 Å². The number of nitrogens with zero attached hydrogens (tertiary/aromatic N) is 2. The third-order valence-electron chi connectivity index (χ3n) is 3.73. The summed E-state index contributed by atoms with van der Waals surface area (Å²) in [5, 5.41) is 15.3. The molecule has 7 heteroatoms. The Morgan fingerprint density at radius 1 is 1.35 bits per heavy atom. The van der Waals surface area contributed by atoms with Crippen LogP contribution in [0.25, 0.3) is 0 Å². The zero-order chi connectivity index (χ0) is 14.6. The van der Waals surface area contributed by atoms with E-state index < -0.39 is 5.97 Å².